The highest BCUT2D eigenvalue weighted by molar-refractivity contribution is 8.18. The number of benzene rings is 1. The third-order valence-electron chi connectivity index (χ3n) is 7.03. The number of hydrogen-bond acceptors (Lipinski definition) is 6. The topological polar surface area (TPSA) is 92.9 Å². The minimum Gasteiger partial charge on any atom is -0.490 e. The highest BCUT2D eigenvalue weighted by Gasteiger charge is 2.40. The van der Waals surface area contributed by atoms with Gasteiger partial charge in [0.2, 0.25) is 15.9 Å². The second-order valence-electron chi connectivity index (χ2n) is 9.28. The zero-order valence-electron chi connectivity index (χ0n) is 19.4. The van der Waals surface area contributed by atoms with E-state index in [0.29, 0.717) is 21.8 Å². The van der Waals surface area contributed by atoms with Gasteiger partial charge in [0.15, 0.2) is 0 Å². The van der Waals surface area contributed by atoms with E-state index in [9.17, 15) is 13.2 Å². The Kier molecular flexibility index (Phi) is 8.11. The molecular formula is C23H31Cl2N3O4S2. The van der Waals surface area contributed by atoms with Crippen LogP contribution in [0.2, 0.25) is 10.0 Å². The molecule has 3 aliphatic rings. The molecule has 1 aliphatic carbocycles. The van der Waals surface area contributed by atoms with Gasteiger partial charge in [0.25, 0.3) is 0 Å². The third-order valence-corrected chi connectivity index (χ3v) is 10.6. The number of rotatable bonds is 5. The number of ether oxygens (including phenoxy) is 1. The molecule has 2 N–H and O–H groups in total. The van der Waals surface area contributed by atoms with Crippen LogP contribution in [0.15, 0.2) is 28.1 Å². The Labute approximate surface area is 216 Å². The van der Waals surface area contributed by atoms with Crippen LogP contribution in [0.4, 0.5) is 0 Å². The number of carbonyl (C=O) groups excluding carboxylic acids is 1. The fraction of sp³-hybridized carbons (Fsp3) is 0.609. The van der Waals surface area contributed by atoms with Crippen LogP contribution < -0.4 is 9.88 Å². The van der Waals surface area contributed by atoms with Gasteiger partial charge in [-0.3, -0.25) is 4.79 Å². The fourth-order valence-corrected chi connectivity index (χ4v) is 7.97. The van der Waals surface area contributed by atoms with E-state index >= 15 is 0 Å². The van der Waals surface area contributed by atoms with Gasteiger partial charge in [-0.15, -0.1) is 0 Å². The first-order valence-electron chi connectivity index (χ1n) is 11.6. The fourth-order valence-electron chi connectivity index (χ4n) is 5.27. The Balaban J connectivity index is 1.27. The number of nitrogens with two attached hydrogens (primary N) is 1. The standard InChI is InChI=1S/C23H31Cl2N3O4S2/c1-14-23(34(26,30)31)33-15(2)28(14)22(29)16-3-5-17(6-4-16)27-11-9-18(10-12-27)32-19-7-8-20(24)21(25)13-19/h7-8,13,15-18H,3-6,9-12H2,1-2H3,(H2,26,30,31). The van der Waals surface area contributed by atoms with Crippen LogP contribution in [0.1, 0.15) is 52.4 Å². The summed E-state index contributed by atoms with van der Waals surface area (Å²) in [6.07, 6.45) is 5.61. The van der Waals surface area contributed by atoms with Crippen molar-refractivity contribution in [1.82, 2.24) is 9.80 Å². The van der Waals surface area contributed by atoms with E-state index in [2.05, 4.69) is 4.90 Å². The van der Waals surface area contributed by atoms with Gasteiger partial charge in [-0.1, -0.05) is 35.0 Å². The number of thioether (sulfide) groups is 1. The molecule has 11 heteroatoms. The normalized spacial score (nSPS) is 27.3. The van der Waals surface area contributed by atoms with Crippen molar-refractivity contribution in [3.8, 4) is 5.75 Å². The summed E-state index contributed by atoms with van der Waals surface area (Å²) in [5.74, 6) is 0.684. The highest BCUT2D eigenvalue weighted by Crippen LogP contribution is 2.42. The van der Waals surface area contributed by atoms with Gasteiger partial charge in [-0.05, 0) is 64.5 Å². The number of halogens is 2. The van der Waals surface area contributed by atoms with Crippen LogP contribution in [-0.4, -0.2) is 54.7 Å². The average molecular weight is 549 g/mol. The predicted molar refractivity (Wildman–Crippen MR) is 137 cm³/mol. The molecule has 7 nitrogen and oxygen atoms in total. The van der Waals surface area contributed by atoms with E-state index in [1.165, 1.54) is 0 Å². The number of allylic oxidation sites excluding steroid dienone is 1. The van der Waals surface area contributed by atoms with Gasteiger partial charge in [0.05, 0.1) is 15.4 Å². The Morgan fingerprint density at radius 1 is 1.09 bits per heavy atom. The Hall–Kier alpha value is -0.970. The van der Waals surface area contributed by atoms with E-state index < -0.39 is 10.0 Å². The maximum atomic E-state index is 13.2. The van der Waals surface area contributed by atoms with Crippen LogP contribution in [0.25, 0.3) is 0 Å². The monoisotopic (exact) mass is 547 g/mol. The zero-order valence-corrected chi connectivity index (χ0v) is 22.5. The van der Waals surface area contributed by atoms with E-state index in [1.54, 1.807) is 24.0 Å². The van der Waals surface area contributed by atoms with E-state index in [4.69, 9.17) is 33.1 Å². The molecule has 1 saturated heterocycles. The van der Waals surface area contributed by atoms with Crippen LogP contribution >= 0.6 is 35.0 Å². The van der Waals surface area contributed by atoms with E-state index in [0.717, 1.165) is 69.1 Å². The minimum atomic E-state index is -3.81. The van der Waals surface area contributed by atoms with Gasteiger partial charge in [-0.2, -0.15) is 0 Å². The van der Waals surface area contributed by atoms with Crippen LogP contribution in [-0.2, 0) is 14.8 Å². The van der Waals surface area contributed by atoms with Crippen molar-refractivity contribution < 1.29 is 17.9 Å². The van der Waals surface area contributed by atoms with Crippen LogP contribution in [0.5, 0.6) is 5.75 Å². The van der Waals surface area contributed by atoms with Crippen molar-refractivity contribution in [3.05, 3.63) is 38.2 Å². The Morgan fingerprint density at radius 2 is 1.74 bits per heavy atom. The second-order valence-corrected chi connectivity index (χ2v) is 13.2. The van der Waals surface area contributed by atoms with Crippen LogP contribution in [0.3, 0.4) is 0 Å². The number of sulfonamides is 1. The molecule has 1 aromatic rings. The number of carbonyl (C=O) groups is 1. The highest BCUT2D eigenvalue weighted by atomic mass is 35.5. The number of nitrogens with zero attached hydrogens (tertiary/aromatic N) is 2. The molecule has 1 amide bonds. The quantitative estimate of drug-likeness (QED) is 0.569. The first-order chi connectivity index (χ1) is 16.0. The third kappa shape index (κ3) is 5.71. The lowest BCUT2D eigenvalue weighted by atomic mass is 9.83. The molecule has 188 valence electrons. The summed E-state index contributed by atoms with van der Waals surface area (Å²) in [6.45, 7) is 5.45. The summed E-state index contributed by atoms with van der Waals surface area (Å²) in [7, 11) is -3.81. The summed E-state index contributed by atoms with van der Waals surface area (Å²) in [5, 5.41) is 6.09. The maximum absolute atomic E-state index is 13.2. The number of likely N-dealkylation sites (tertiary alicyclic amines) is 1. The second kappa shape index (κ2) is 10.6. The van der Waals surface area contributed by atoms with Crippen molar-refractivity contribution in [2.75, 3.05) is 13.1 Å². The summed E-state index contributed by atoms with van der Waals surface area (Å²) in [5.41, 5.74) is 0.455. The van der Waals surface area contributed by atoms with E-state index in [-0.39, 0.29) is 27.5 Å². The average Bonchev–Trinajstić information content (AvgIpc) is 3.11. The first kappa shape index (κ1) is 26.1. The van der Waals surface area contributed by atoms with Crippen molar-refractivity contribution in [2.45, 2.75) is 69.9 Å². The lowest BCUT2D eigenvalue weighted by molar-refractivity contribution is -0.135. The minimum absolute atomic E-state index is 0.0170. The lowest BCUT2D eigenvalue weighted by Gasteiger charge is -2.41. The SMILES string of the molecule is CC1=C(S(N)(=O)=O)SC(C)N1C(=O)C1CCC(N2CCC(Oc3ccc(Cl)c(Cl)c3)CC2)CC1. The van der Waals surface area contributed by atoms with E-state index in [1.807, 2.05) is 13.0 Å². The molecule has 0 spiro atoms. The number of hydrogen-bond donors (Lipinski definition) is 1. The largest absolute Gasteiger partial charge is 0.490 e. The van der Waals surface area contributed by atoms with Crippen LogP contribution in [0, 0.1) is 5.92 Å². The molecule has 4 rings (SSSR count). The summed E-state index contributed by atoms with van der Waals surface area (Å²) in [4.78, 5) is 17.4. The predicted octanol–water partition coefficient (Wildman–Crippen LogP) is 4.79. The Morgan fingerprint density at radius 3 is 2.29 bits per heavy atom. The number of amides is 1. The van der Waals surface area contributed by atoms with Crippen molar-refractivity contribution >= 4 is 50.9 Å². The summed E-state index contributed by atoms with van der Waals surface area (Å²) in [6, 6.07) is 5.83. The van der Waals surface area contributed by atoms with Crippen molar-refractivity contribution in [1.29, 1.82) is 0 Å². The molecule has 1 saturated carbocycles. The van der Waals surface area contributed by atoms with Gasteiger partial charge in [0.1, 0.15) is 16.1 Å². The molecule has 1 atom stereocenters. The summed E-state index contributed by atoms with van der Waals surface area (Å²) >= 11 is 13.2. The summed E-state index contributed by atoms with van der Waals surface area (Å²) < 4.78 is 29.9. The lowest BCUT2D eigenvalue weighted by Crippen LogP contribution is -2.47. The molecule has 0 radical (unpaired) electrons. The van der Waals surface area contributed by atoms with Gasteiger partial charge < -0.3 is 14.5 Å². The molecule has 1 unspecified atom stereocenters. The zero-order chi connectivity index (χ0) is 24.6. The maximum Gasteiger partial charge on any atom is 0.245 e. The van der Waals surface area contributed by atoms with Crippen molar-refractivity contribution in [3.63, 3.8) is 0 Å². The van der Waals surface area contributed by atoms with Crippen molar-refractivity contribution in [2.24, 2.45) is 11.1 Å². The molecule has 0 bridgehead atoms. The van der Waals surface area contributed by atoms with Gasteiger partial charge in [-0.25, -0.2) is 13.6 Å². The molecule has 2 heterocycles. The first-order valence-corrected chi connectivity index (χ1v) is 14.8. The Bertz CT molecular complexity index is 1070. The van der Waals surface area contributed by atoms with Gasteiger partial charge >= 0.3 is 0 Å². The number of piperidine rings is 1. The number of primary sulfonamides is 1. The molecule has 2 aliphatic heterocycles. The van der Waals surface area contributed by atoms with Gasteiger partial charge in [0, 0.05) is 36.8 Å². The molecular weight excluding hydrogens is 517 g/mol. The molecule has 34 heavy (non-hydrogen) atoms. The molecule has 1 aromatic carbocycles. The smallest absolute Gasteiger partial charge is 0.245 e. The molecule has 0 aromatic heterocycles. The molecule has 2 fully saturated rings.